The second-order valence-electron chi connectivity index (χ2n) is 5.82. The van der Waals surface area contributed by atoms with Crippen LogP contribution in [0.4, 0.5) is 5.69 Å². The van der Waals surface area contributed by atoms with Gasteiger partial charge in [0.05, 0.1) is 0 Å². The molecule has 0 aromatic heterocycles. The number of carbonyl (C=O) groups is 1. The van der Waals surface area contributed by atoms with Gasteiger partial charge in [0.25, 0.3) is 0 Å². The van der Waals surface area contributed by atoms with Gasteiger partial charge >= 0.3 is 0 Å². The van der Waals surface area contributed by atoms with Crippen molar-refractivity contribution in [3.05, 3.63) is 33.7 Å². The summed E-state index contributed by atoms with van der Waals surface area (Å²) in [4.78, 5) is 25.1. The van der Waals surface area contributed by atoms with E-state index in [1.54, 1.807) is 23.1 Å². The summed E-state index contributed by atoms with van der Waals surface area (Å²) in [6.45, 7) is 6.17. The van der Waals surface area contributed by atoms with Crippen LogP contribution < -0.4 is 4.90 Å². The number of halogens is 1. The Morgan fingerprint density at radius 2 is 2.11 bits per heavy atom. The van der Waals surface area contributed by atoms with Crippen LogP contribution in [-0.4, -0.2) is 12.5 Å². The van der Waals surface area contributed by atoms with Crippen LogP contribution in [0.2, 0.25) is 5.02 Å². The van der Waals surface area contributed by atoms with Gasteiger partial charge < -0.3 is 4.90 Å². The smallest absolute Gasteiger partial charge is 0.232 e. The van der Waals surface area contributed by atoms with Gasteiger partial charge in [-0.3, -0.25) is 4.79 Å². The van der Waals surface area contributed by atoms with Crippen molar-refractivity contribution in [1.29, 1.82) is 0 Å². The van der Waals surface area contributed by atoms with Crippen LogP contribution in [0.1, 0.15) is 38.8 Å². The minimum absolute atomic E-state index is 0.0421. The van der Waals surface area contributed by atoms with E-state index in [2.05, 4.69) is 5.18 Å². The lowest BCUT2D eigenvalue weighted by atomic mass is 9.91. The molecule has 0 saturated carbocycles. The SMILES string of the molecule is CC(C)(C)C(=O)N1CCC(N=O)c2cc(Cl)ccc21. The molecular weight excluding hydrogens is 264 g/mol. The topological polar surface area (TPSA) is 49.7 Å². The number of hydrogen-bond acceptors (Lipinski definition) is 3. The van der Waals surface area contributed by atoms with Crippen LogP contribution in [0.5, 0.6) is 0 Å². The highest BCUT2D eigenvalue weighted by atomic mass is 35.5. The molecule has 0 radical (unpaired) electrons. The number of fused-ring (bicyclic) bond motifs is 1. The van der Waals surface area contributed by atoms with E-state index in [0.29, 0.717) is 18.0 Å². The maximum absolute atomic E-state index is 12.4. The van der Waals surface area contributed by atoms with Crippen molar-refractivity contribution in [2.75, 3.05) is 11.4 Å². The average Bonchev–Trinajstić information content (AvgIpc) is 2.35. The van der Waals surface area contributed by atoms with Crippen molar-refractivity contribution in [3.8, 4) is 0 Å². The van der Waals surface area contributed by atoms with Crippen molar-refractivity contribution in [3.63, 3.8) is 0 Å². The van der Waals surface area contributed by atoms with E-state index >= 15 is 0 Å². The number of benzene rings is 1. The molecule has 19 heavy (non-hydrogen) atoms. The van der Waals surface area contributed by atoms with E-state index in [1.807, 2.05) is 20.8 Å². The lowest BCUT2D eigenvalue weighted by Gasteiger charge is -2.35. The van der Waals surface area contributed by atoms with Crippen LogP contribution in [-0.2, 0) is 4.79 Å². The Labute approximate surface area is 117 Å². The highest BCUT2D eigenvalue weighted by Crippen LogP contribution is 2.39. The Hall–Kier alpha value is -1.42. The molecule has 102 valence electrons. The fourth-order valence-corrected chi connectivity index (χ4v) is 2.47. The van der Waals surface area contributed by atoms with Crippen LogP contribution in [0.3, 0.4) is 0 Å². The Balaban J connectivity index is 2.47. The minimum atomic E-state index is -0.460. The van der Waals surface area contributed by atoms with Gasteiger partial charge in [-0.25, -0.2) is 0 Å². The standard InChI is InChI=1S/C14H17ClN2O2/c1-14(2,3)13(18)17-7-6-11(16-19)10-8-9(15)4-5-12(10)17/h4-5,8,11H,6-7H2,1-3H3. The third-order valence-corrected chi connectivity index (χ3v) is 3.51. The normalized spacial score (nSPS) is 18.9. The van der Waals surface area contributed by atoms with E-state index in [4.69, 9.17) is 11.6 Å². The second-order valence-corrected chi connectivity index (χ2v) is 6.26. The third-order valence-electron chi connectivity index (χ3n) is 3.28. The van der Waals surface area contributed by atoms with Crippen molar-refractivity contribution in [2.24, 2.45) is 10.6 Å². The van der Waals surface area contributed by atoms with Gasteiger partial charge in [0.1, 0.15) is 6.04 Å². The van der Waals surface area contributed by atoms with Crippen LogP contribution >= 0.6 is 11.6 Å². The van der Waals surface area contributed by atoms with E-state index < -0.39 is 11.5 Å². The monoisotopic (exact) mass is 280 g/mol. The largest absolute Gasteiger partial charge is 0.312 e. The average molecular weight is 281 g/mol. The summed E-state index contributed by atoms with van der Waals surface area (Å²) in [6, 6.07) is 4.83. The summed E-state index contributed by atoms with van der Waals surface area (Å²) in [5, 5.41) is 3.69. The first-order valence-electron chi connectivity index (χ1n) is 6.28. The number of nitroso groups, excluding NO2 is 1. The van der Waals surface area contributed by atoms with E-state index in [1.165, 1.54) is 0 Å². The first-order valence-corrected chi connectivity index (χ1v) is 6.66. The fourth-order valence-electron chi connectivity index (χ4n) is 2.29. The molecule has 1 heterocycles. The van der Waals surface area contributed by atoms with Crippen molar-refractivity contribution in [1.82, 2.24) is 0 Å². The first-order chi connectivity index (χ1) is 8.84. The molecule has 0 bridgehead atoms. The Morgan fingerprint density at radius 1 is 1.42 bits per heavy atom. The molecule has 1 aliphatic rings. The van der Waals surface area contributed by atoms with Gasteiger partial charge in [-0.05, 0) is 24.6 Å². The Morgan fingerprint density at radius 3 is 2.68 bits per heavy atom. The summed E-state index contributed by atoms with van der Waals surface area (Å²) in [7, 11) is 0. The molecule has 1 aromatic carbocycles. The van der Waals surface area contributed by atoms with Crippen LogP contribution in [0.15, 0.2) is 23.4 Å². The summed E-state index contributed by atoms with van der Waals surface area (Å²) in [5.74, 6) is 0.0421. The maximum Gasteiger partial charge on any atom is 0.232 e. The minimum Gasteiger partial charge on any atom is -0.312 e. The fraction of sp³-hybridized carbons (Fsp3) is 0.500. The predicted octanol–water partition coefficient (Wildman–Crippen LogP) is 3.93. The van der Waals surface area contributed by atoms with Crippen molar-refractivity contribution < 1.29 is 4.79 Å². The van der Waals surface area contributed by atoms with Gasteiger partial charge in [-0.15, -0.1) is 0 Å². The number of hydrogen-bond donors (Lipinski definition) is 0. The molecule has 5 heteroatoms. The van der Waals surface area contributed by atoms with Gasteiger partial charge in [0.15, 0.2) is 0 Å². The first kappa shape index (κ1) is 14.0. The van der Waals surface area contributed by atoms with Gasteiger partial charge in [0.2, 0.25) is 5.91 Å². The van der Waals surface area contributed by atoms with E-state index in [-0.39, 0.29) is 5.91 Å². The number of amides is 1. The molecule has 4 nitrogen and oxygen atoms in total. The lowest BCUT2D eigenvalue weighted by Crippen LogP contribution is -2.43. The van der Waals surface area contributed by atoms with Crippen molar-refractivity contribution >= 4 is 23.2 Å². The summed E-state index contributed by atoms with van der Waals surface area (Å²) in [6.07, 6.45) is 0.540. The molecule has 0 fully saturated rings. The number of anilines is 1. The molecule has 1 unspecified atom stereocenters. The highest BCUT2D eigenvalue weighted by Gasteiger charge is 2.34. The molecule has 1 atom stereocenters. The number of rotatable bonds is 1. The van der Waals surface area contributed by atoms with Crippen molar-refractivity contribution in [2.45, 2.75) is 33.2 Å². The lowest BCUT2D eigenvalue weighted by molar-refractivity contribution is -0.125. The van der Waals surface area contributed by atoms with Gasteiger partial charge in [0, 0.05) is 28.2 Å². The molecular formula is C14H17ClN2O2. The Bertz CT molecular complexity index is 523. The molecule has 0 spiro atoms. The van der Waals surface area contributed by atoms with Gasteiger partial charge in [-0.2, -0.15) is 4.91 Å². The highest BCUT2D eigenvalue weighted by molar-refractivity contribution is 6.30. The Kier molecular flexibility index (Phi) is 3.63. The number of carbonyl (C=O) groups excluding carboxylic acids is 1. The third kappa shape index (κ3) is 2.63. The zero-order valence-corrected chi connectivity index (χ0v) is 12.1. The van der Waals surface area contributed by atoms with Crippen LogP contribution in [0, 0.1) is 10.3 Å². The second kappa shape index (κ2) is 4.93. The molecule has 0 aliphatic carbocycles. The summed E-state index contributed by atoms with van der Waals surface area (Å²) in [5.41, 5.74) is 1.03. The summed E-state index contributed by atoms with van der Waals surface area (Å²) >= 11 is 5.97. The van der Waals surface area contributed by atoms with E-state index in [9.17, 15) is 9.70 Å². The predicted molar refractivity (Wildman–Crippen MR) is 76.4 cm³/mol. The molecule has 1 aliphatic heterocycles. The number of nitrogens with zero attached hydrogens (tertiary/aromatic N) is 2. The zero-order valence-electron chi connectivity index (χ0n) is 11.3. The van der Waals surface area contributed by atoms with E-state index in [0.717, 1.165) is 11.3 Å². The van der Waals surface area contributed by atoms with Crippen LogP contribution in [0.25, 0.3) is 0 Å². The molecule has 2 rings (SSSR count). The molecule has 1 amide bonds. The van der Waals surface area contributed by atoms with Gasteiger partial charge in [-0.1, -0.05) is 37.5 Å². The molecule has 1 aromatic rings. The summed E-state index contributed by atoms with van der Waals surface area (Å²) < 4.78 is 0. The maximum atomic E-state index is 12.4. The molecule has 0 saturated heterocycles. The quantitative estimate of drug-likeness (QED) is 0.732. The molecule has 0 N–H and O–H groups in total. The zero-order chi connectivity index (χ0) is 14.2.